The molecular formula is C17H20ClFN2O3S. The van der Waals surface area contributed by atoms with Crippen LogP contribution < -0.4 is 0 Å². The van der Waals surface area contributed by atoms with Crippen molar-refractivity contribution in [1.29, 1.82) is 0 Å². The summed E-state index contributed by atoms with van der Waals surface area (Å²) in [4.78, 5) is 0. The van der Waals surface area contributed by atoms with E-state index in [-0.39, 0.29) is 38.1 Å². The minimum atomic E-state index is -3.54. The molecule has 25 heavy (non-hydrogen) atoms. The van der Waals surface area contributed by atoms with Crippen LogP contribution in [0.4, 0.5) is 4.39 Å². The van der Waals surface area contributed by atoms with Gasteiger partial charge in [0.1, 0.15) is 11.4 Å². The molecule has 8 heteroatoms. The summed E-state index contributed by atoms with van der Waals surface area (Å²) in [5, 5.41) is 4.31. The van der Waals surface area contributed by atoms with Crippen LogP contribution in [0.5, 0.6) is 0 Å². The van der Waals surface area contributed by atoms with Crippen molar-refractivity contribution in [3.63, 3.8) is 0 Å². The Kier molecular flexibility index (Phi) is 5.18. The van der Waals surface area contributed by atoms with Crippen molar-refractivity contribution in [2.45, 2.75) is 37.6 Å². The monoisotopic (exact) mass is 386 g/mol. The topological polar surface area (TPSA) is 63.4 Å². The number of aryl methyl sites for hydroxylation is 1. The fraction of sp³-hybridized carbons (Fsp3) is 0.471. The maximum absolute atomic E-state index is 15.1. The summed E-state index contributed by atoms with van der Waals surface area (Å²) in [5.74, 6) is 0.0559. The second-order valence-electron chi connectivity index (χ2n) is 6.54. The number of hydrogen-bond acceptors (Lipinski definition) is 4. The quantitative estimate of drug-likeness (QED) is 0.788. The minimum Gasteiger partial charge on any atom is -0.360 e. The van der Waals surface area contributed by atoms with Gasteiger partial charge in [-0.05, 0) is 37.5 Å². The largest absolute Gasteiger partial charge is 0.360 e. The molecular weight excluding hydrogens is 367 g/mol. The lowest BCUT2D eigenvalue weighted by Gasteiger charge is -2.35. The van der Waals surface area contributed by atoms with E-state index in [9.17, 15) is 8.42 Å². The molecule has 136 valence electrons. The van der Waals surface area contributed by atoms with Crippen molar-refractivity contribution in [3.05, 3.63) is 52.4 Å². The minimum absolute atomic E-state index is 0.166. The molecule has 0 radical (unpaired) electrons. The molecule has 0 saturated carbocycles. The van der Waals surface area contributed by atoms with Gasteiger partial charge in [0.2, 0.25) is 10.0 Å². The lowest BCUT2D eigenvalue weighted by atomic mass is 9.88. The Morgan fingerprint density at radius 3 is 2.48 bits per heavy atom. The van der Waals surface area contributed by atoms with E-state index in [2.05, 4.69) is 5.16 Å². The van der Waals surface area contributed by atoms with Crippen LogP contribution in [0.15, 0.2) is 34.9 Å². The number of rotatable bonds is 5. The molecule has 1 fully saturated rings. The summed E-state index contributed by atoms with van der Waals surface area (Å²) in [6.45, 7) is 2.06. The molecule has 0 amide bonds. The van der Waals surface area contributed by atoms with Crippen molar-refractivity contribution in [3.8, 4) is 0 Å². The molecule has 0 N–H and O–H groups in total. The summed E-state index contributed by atoms with van der Waals surface area (Å²) in [5.41, 5.74) is 0.0952. The van der Waals surface area contributed by atoms with E-state index in [0.717, 1.165) is 5.56 Å². The van der Waals surface area contributed by atoms with Gasteiger partial charge in [-0.15, -0.1) is 0 Å². The van der Waals surface area contributed by atoms with Crippen LogP contribution in [-0.2, 0) is 22.2 Å². The maximum Gasteiger partial charge on any atom is 0.221 e. The van der Waals surface area contributed by atoms with Crippen molar-refractivity contribution >= 4 is 21.6 Å². The van der Waals surface area contributed by atoms with E-state index in [1.54, 1.807) is 37.3 Å². The van der Waals surface area contributed by atoms with Crippen molar-refractivity contribution in [2.75, 3.05) is 13.1 Å². The molecule has 1 aromatic carbocycles. The maximum atomic E-state index is 15.1. The van der Waals surface area contributed by atoms with Crippen molar-refractivity contribution in [2.24, 2.45) is 0 Å². The second-order valence-corrected chi connectivity index (χ2v) is 8.95. The Balaban J connectivity index is 1.61. The Labute approximate surface area is 151 Å². The molecule has 0 unspecified atom stereocenters. The first kappa shape index (κ1) is 18.4. The van der Waals surface area contributed by atoms with E-state index in [1.807, 2.05) is 0 Å². The summed E-state index contributed by atoms with van der Waals surface area (Å²) >= 11 is 5.85. The summed E-state index contributed by atoms with van der Waals surface area (Å²) in [6, 6.07) is 8.68. The molecule has 3 rings (SSSR count). The van der Waals surface area contributed by atoms with Crippen LogP contribution in [0.25, 0.3) is 0 Å². The fourth-order valence-corrected chi connectivity index (χ4v) is 4.61. The lowest BCUT2D eigenvalue weighted by Crippen LogP contribution is -2.45. The fourth-order valence-electron chi connectivity index (χ4n) is 3.07. The van der Waals surface area contributed by atoms with E-state index in [0.29, 0.717) is 16.5 Å². The Hall–Kier alpha value is -1.44. The predicted molar refractivity (Wildman–Crippen MR) is 93.7 cm³/mol. The number of piperidine rings is 1. The van der Waals surface area contributed by atoms with E-state index >= 15 is 4.39 Å². The first-order chi connectivity index (χ1) is 11.8. The van der Waals surface area contributed by atoms with Crippen LogP contribution in [0.3, 0.4) is 0 Å². The molecule has 0 atom stereocenters. The Bertz CT molecular complexity index is 828. The van der Waals surface area contributed by atoms with Crippen molar-refractivity contribution < 1.29 is 17.3 Å². The van der Waals surface area contributed by atoms with Crippen LogP contribution >= 0.6 is 11.6 Å². The molecule has 1 aliphatic rings. The zero-order valence-electron chi connectivity index (χ0n) is 13.9. The highest BCUT2D eigenvalue weighted by Crippen LogP contribution is 2.32. The molecule has 2 heterocycles. The molecule has 1 aliphatic heterocycles. The molecule has 0 bridgehead atoms. The molecule has 2 aromatic rings. The van der Waals surface area contributed by atoms with Crippen molar-refractivity contribution in [1.82, 2.24) is 9.46 Å². The normalized spacial score (nSPS) is 18.4. The average molecular weight is 387 g/mol. The van der Waals surface area contributed by atoms with Gasteiger partial charge in [-0.1, -0.05) is 28.9 Å². The molecule has 1 saturated heterocycles. The van der Waals surface area contributed by atoms with Gasteiger partial charge < -0.3 is 4.52 Å². The Morgan fingerprint density at radius 1 is 1.28 bits per heavy atom. The predicted octanol–water partition coefficient (Wildman–Crippen LogP) is 3.51. The smallest absolute Gasteiger partial charge is 0.221 e. The van der Waals surface area contributed by atoms with Gasteiger partial charge in [-0.3, -0.25) is 0 Å². The SMILES string of the molecule is Cc1cc(CS(=O)(=O)N2CCC(F)(Cc3ccc(Cl)cc3)CC2)on1. The number of sulfonamides is 1. The van der Waals surface area contributed by atoms with E-state index in [4.69, 9.17) is 16.1 Å². The highest BCUT2D eigenvalue weighted by molar-refractivity contribution is 7.88. The number of halogens is 2. The third-order valence-electron chi connectivity index (χ3n) is 4.45. The number of nitrogens with zero attached hydrogens (tertiary/aromatic N) is 2. The molecule has 0 aliphatic carbocycles. The van der Waals surface area contributed by atoms with Gasteiger partial charge in [-0.25, -0.2) is 17.1 Å². The third-order valence-corrected chi connectivity index (χ3v) is 6.50. The van der Waals surface area contributed by atoms with E-state index in [1.165, 1.54) is 4.31 Å². The van der Waals surface area contributed by atoms with Crippen LogP contribution in [0.2, 0.25) is 5.02 Å². The summed E-state index contributed by atoms with van der Waals surface area (Å²) in [6.07, 6.45) is 0.605. The third kappa shape index (κ3) is 4.59. The lowest BCUT2D eigenvalue weighted by molar-refractivity contribution is 0.0888. The highest BCUT2D eigenvalue weighted by atomic mass is 35.5. The number of benzene rings is 1. The first-order valence-corrected chi connectivity index (χ1v) is 10.1. The van der Waals surface area contributed by atoms with Gasteiger partial charge in [0, 0.05) is 30.6 Å². The van der Waals surface area contributed by atoms with Gasteiger partial charge >= 0.3 is 0 Å². The average Bonchev–Trinajstić information content (AvgIpc) is 2.94. The highest BCUT2D eigenvalue weighted by Gasteiger charge is 2.38. The summed E-state index contributed by atoms with van der Waals surface area (Å²) < 4.78 is 46.3. The summed E-state index contributed by atoms with van der Waals surface area (Å²) in [7, 11) is -3.54. The van der Waals surface area contributed by atoms with Crippen LogP contribution in [0, 0.1) is 6.92 Å². The van der Waals surface area contributed by atoms with Crippen LogP contribution in [0.1, 0.15) is 29.9 Å². The van der Waals surface area contributed by atoms with E-state index < -0.39 is 15.7 Å². The molecule has 1 aromatic heterocycles. The van der Waals surface area contributed by atoms with Gasteiger partial charge in [0.25, 0.3) is 0 Å². The second kappa shape index (κ2) is 7.05. The number of hydrogen-bond donors (Lipinski definition) is 0. The first-order valence-electron chi connectivity index (χ1n) is 8.09. The zero-order valence-corrected chi connectivity index (χ0v) is 15.5. The Morgan fingerprint density at radius 2 is 1.92 bits per heavy atom. The number of alkyl halides is 1. The van der Waals surface area contributed by atoms with Crippen LogP contribution in [-0.4, -0.2) is 36.6 Å². The van der Waals surface area contributed by atoms with Gasteiger partial charge in [0.15, 0.2) is 5.76 Å². The zero-order chi connectivity index (χ0) is 18.1. The number of aromatic nitrogens is 1. The molecule has 0 spiro atoms. The van der Waals surface area contributed by atoms with Gasteiger partial charge in [-0.2, -0.15) is 0 Å². The molecule has 5 nitrogen and oxygen atoms in total. The van der Waals surface area contributed by atoms with Gasteiger partial charge in [0.05, 0.1) is 5.69 Å². The standard InChI is InChI=1S/C17H20ClFN2O3S/c1-13-10-16(24-20-13)12-25(22,23)21-8-6-17(19,7-9-21)11-14-2-4-15(18)5-3-14/h2-5,10H,6-9,11-12H2,1H3.